The van der Waals surface area contributed by atoms with Gasteiger partial charge in [0.15, 0.2) is 0 Å². The standard InChI is InChI=1S/C13H12BrNO/c14-10-2-1-8-7-13-11(6-9(8)5-10)12(15)3-4-16-13/h1-2,5-7,12H,3-4,15H2/t12-/m1/s1. The van der Waals surface area contributed by atoms with Crippen LogP contribution in [0.3, 0.4) is 0 Å². The first-order valence-corrected chi connectivity index (χ1v) is 6.15. The molecule has 0 amide bonds. The number of nitrogens with two attached hydrogens (primary N) is 1. The lowest BCUT2D eigenvalue weighted by Gasteiger charge is -2.23. The molecule has 1 atom stereocenters. The van der Waals surface area contributed by atoms with E-state index >= 15 is 0 Å². The highest BCUT2D eigenvalue weighted by Gasteiger charge is 2.18. The van der Waals surface area contributed by atoms with Crippen LogP contribution in [0.2, 0.25) is 0 Å². The highest BCUT2D eigenvalue weighted by Crippen LogP contribution is 2.34. The van der Waals surface area contributed by atoms with Crippen molar-refractivity contribution in [3.05, 3.63) is 40.4 Å². The quantitative estimate of drug-likeness (QED) is 0.801. The lowest BCUT2D eigenvalue weighted by atomic mass is 9.97. The van der Waals surface area contributed by atoms with E-state index in [0.717, 1.165) is 28.8 Å². The fourth-order valence-corrected chi connectivity index (χ4v) is 2.51. The van der Waals surface area contributed by atoms with Crippen molar-refractivity contribution < 1.29 is 4.74 Å². The maximum Gasteiger partial charge on any atom is 0.124 e. The molecule has 2 aromatic carbocycles. The molecule has 0 saturated carbocycles. The zero-order chi connectivity index (χ0) is 11.1. The summed E-state index contributed by atoms with van der Waals surface area (Å²) in [5.41, 5.74) is 7.21. The fraction of sp³-hybridized carbons (Fsp3) is 0.231. The molecule has 3 heteroatoms. The summed E-state index contributed by atoms with van der Waals surface area (Å²) in [5, 5.41) is 2.39. The number of benzene rings is 2. The zero-order valence-electron chi connectivity index (χ0n) is 8.74. The maximum atomic E-state index is 6.08. The number of rotatable bonds is 0. The molecule has 82 valence electrons. The molecule has 0 fully saturated rings. The molecule has 0 aliphatic carbocycles. The van der Waals surface area contributed by atoms with Crippen molar-refractivity contribution in [1.29, 1.82) is 0 Å². The Morgan fingerprint density at radius 1 is 1.19 bits per heavy atom. The van der Waals surface area contributed by atoms with Crippen LogP contribution in [0, 0.1) is 0 Å². The smallest absolute Gasteiger partial charge is 0.124 e. The van der Waals surface area contributed by atoms with Crippen LogP contribution in [-0.4, -0.2) is 6.61 Å². The van der Waals surface area contributed by atoms with Gasteiger partial charge in [0.25, 0.3) is 0 Å². The largest absolute Gasteiger partial charge is 0.493 e. The second-order valence-corrected chi connectivity index (χ2v) is 5.04. The van der Waals surface area contributed by atoms with Gasteiger partial charge in [0.1, 0.15) is 5.75 Å². The van der Waals surface area contributed by atoms with Gasteiger partial charge < -0.3 is 10.5 Å². The van der Waals surface area contributed by atoms with Gasteiger partial charge in [0, 0.05) is 22.5 Å². The molecule has 0 saturated heterocycles. The number of hydrogen-bond donors (Lipinski definition) is 1. The third-order valence-electron chi connectivity index (χ3n) is 3.02. The molecule has 1 aliphatic rings. The number of halogens is 1. The summed E-state index contributed by atoms with van der Waals surface area (Å²) in [5.74, 6) is 0.938. The molecule has 2 aromatic rings. The summed E-state index contributed by atoms with van der Waals surface area (Å²) in [7, 11) is 0. The minimum absolute atomic E-state index is 0.104. The van der Waals surface area contributed by atoms with Crippen LogP contribution in [-0.2, 0) is 0 Å². The first-order chi connectivity index (χ1) is 7.74. The van der Waals surface area contributed by atoms with Crippen LogP contribution in [0.15, 0.2) is 34.8 Å². The topological polar surface area (TPSA) is 35.2 Å². The van der Waals surface area contributed by atoms with Gasteiger partial charge in [0.2, 0.25) is 0 Å². The van der Waals surface area contributed by atoms with E-state index in [0.29, 0.717) is 0 Å². The predicted octanol–water partition coefficient (Wildman–Crippen LogP) is 3.38. The van der Waals surface area contributed by atoms with Crippen molar-refractivity contribution in [2.75, 3.05) is 6.61 Å². The molecule has 0 bridgehead atoms. The molecule has 3 rings (SSSR count). The maximum absolute atomic E-state index is 6.08. The number of fused-ring (bicyclic) bond motifs is 2. The molecule has 2 N–H and O–H groups in total. The van der Waals surface area contributed by atoms with Crippen molar-refractivity contribution in [2.24, 2.45) is 5.73 Å². The van der Waals surface area contributed by atoms with Gasteiger partial charge in [-0.2, -0.15) is 0 Å². The van der Waals surface area contributed by atoms with E-state index in [1.165, 1.54) is 10.8 Å². The molecule has 0 aromatic heterocycles. The van der Waals surface area contributed by atoms with Gasteiger partial charge in [-0.25, -0.2) is 0 Å². The summed E-state index contributed by atoms with van der Waals surface area (Å²) in [6, 6.07) is 10.6. The summed E-state index contributed by atoms with van der Waals surface area (Å²) in [6.45, 7) is 0.718. The Kier molecular flexibility index (Phi) is 2.37. The Morgan fingerprint density at radius 3 is 2.94 bits per heavy atom. The Morgan fingerprint density at radius 2 is 2.06 bits per heavy atom. The molecule has 0 radical (unpaired) electrons. The van der Waals surface area contributed by atoms with Crippen LogP contribution in [0.5, 0.6) is 5.75 Å². The van der Waals surface area contributed by atoms with Gasteiger partial charge in [-0.05, 0) is 35.0 Å². The third kappa shape index (κ3) is 1.60. The number of ether oxygens (including phenoxy) is 1. The van der Waals surface area contributed by atoms with Crippen molar-refractivity contribution in [3.8, 4) is 5.75 Å². The van der Waals surface area contributed by atoms with E-state index in [4.69, 9.17) is 10.5 Å². The highest BCUT2D eigenvalue weighted by molar-refractivity contribution is 9.10. The summed E-state index contributed by atoms with van der Waals surface area (Å²) < 4.78 is 6.73. The lowest BCUT2D eigenvalue weighted by Crippen LogP contribution is -2.20. The molecule has 16 heavy (non-hydrogen) atoms. The van der Waals surface area contributed by atoms with Gasteiger partial charge in [-0.3, -0.25) is 0 Å². The Hall–Kier alpha value is -1.06. The normalized spacial score (nSPS) is 19.2. The minimum atomic E-state index is 0.104. The van der Waals surface area contributed by atoms with E-state index < -0.39 is 0 Å². The SMILES string of the molecule is N[C@@H]1CCOc2cc3ccc(Br)cc3cc21. The van der Waals surface area contributed by atoms with E-state index in [1.807, 2.05) is 6.07 Å². The first kappa shape index (κ1) is 10.1. The molecule has 0 spiro atoms. The first-order valence-electron chi connectivity index (χ1n) is 5.35. The second-order valence-electron chi connectivity index (χ2n) is 4.13. The predicted molar refractivity (Wildman–Crippen MR) is 68.7 cm³/mol. The van der Waals surface area contributed by atoms with Gasteiger partial charge in [0.05, 0.1) is 6.61 Å². The van der Waals surface area contributed by atoms with Gasteiger partial charge in [-0.1, -0.05) is 22.0 Å². The Labute approximate surface area is 103 Å². The van der Waals surface area contributed by atoms with Crippen LogP contribution < -0.4 is 10.5 Å². The van der Waals surface area contributed by atoms with Crippen molar-refractivity contribution in [2.45, 2.75) is 12.5 Å². The third-order valence-corrected chi connectivity index (χ3v) is 3.51. The number of hydrogen-bond acceptors (Lipinski definition) is 2. The summed E-state index contributed by atoms with van der Waals surface area (Å²) >= 11 is 3.48. The van der Waals surface area contributed by atoms with E-state index in [1.54, 1.807) is 0 Å². The fourth-order valence-electron chi connectivity index (χ4n) is 2.13. The van der Waals surface area contributed by atoms with Gasteiger partial charge in [-0.15, -0.1) is 0 Å². The molecule has 1 heterocycles. The van der Waals surface area contributed by atoms with E-state index in [9.17, 15) is 0 Å². The van der Waals surface area contributed by atoms with Crippen molar-refractivity contribution in [3.63, 3.8) is 0 Å². The zero-order valence-corrected chi connectivity index (χ0v) is 10.3. The Bertz CT molecular complexity index is 553. The minimum Gasteiger partial charge on any atom is -0.493 e. The summed E-state index contributed by atoms with van der Waals surface area (Å²) in [6.07, 6.45) is 0.895. The van der Waals surface area contributed by atoms with Crippen molar-refractivity contribution >= 4 is 26.7 Å². The lowest BCUT2D eigenvalue weighted by molar-refractivity contribution is 0.269. The molecule has 2 nitrogen and oxygen atoms in total. The van der Waals surface area contributed by atoms with Crippen LogP contribution in [0.25, 0.3) is 10.8 Å². The van der Waals surface area contributed by atoms with E-state index in [-0.39, 0.29) is 6.04 Å². The average Bonchev–Trinajstić information content (AvgIpc) is 2.28. The Balaban J connectivity index is 2.26. The van der Waals surface area contributed by atoms with Crippen LogP contribution >= 0.6 is 15.9 Å². The molecule has 0 unspecified atom stereocenters. The second kappa shape index (κ2) is 3.75. The molecular weight excluding hydrogens is 266 g/mol. The monoisotopic (exact) mass is 277 g/mol. The molecule has 1 aliphatic heterocycles. The van der Waals surface area contributed by atoms with Gasteiger partial charge >= 0.3 is 0 Å². The highest BCUT2D eigenvalue weighted by atomic mass is 79.9. The molecular formula is C13H12BrNO. The van der Waals surface area contributed by atoms with Crippen molar-refractivity contribution in [1.82, 2.24) is 0 Å². The summed E-state index contributed by atoms with van der Waals surface area (Å²) in [4.78, 5) is 0. The van der Waals surface area contributed by atoms with E-state index in [2.05, 4.69) is 40.2 Å². The van der Waals surface area contributed by atoms with Crippen LogP contribution in [0.1, 0.15) is 18.0 Å². The average molecular weight is 278 g/mol. The van der Waals surface area contributed by atoms with Crippen LogP contribution in [0.4, 0.5) is 0 Å².